The van der Waals surface area contributed by atoms with Crippen molar-refractivity contribution in [3.63, 3.8) is 0 Å². The molecule has 2 aromatic carbocycles. The molecular formula is C17H16FN3O5. The molecule has 0 spiro atoms. The van der Waals surface area contributed by atoms with Crippen LogP contribution in [-0.2, 0) is 4.74 Å². The average molecular weight is 361 g/mol. The van der Waals surface area contributed by atoms with Crippen LogP contribution >= 0.6 is 0 Å². The summed E-state index contributed by atoms with van der Waals surface area (Å²) in [6, 6.07) is 8.37. The lowest BCUT2D eigenvalue weighted by Gasteiger charge is -2.14. The van der Waals surface area contributed by atoms with Crippen LogP contribution in [0.1, 0.15) is 5.56 Å². The van der Waals surface area contributed by atoms with Gasteiger partial charge in [0.15, 0.2) is 5.84 Å². The molecule has 0 unspecified atom stereocenters. The summed E-state index contributed by atoms with van der Waals surface area (Å²) in [5.41, 5.74) is 6.42. The Morgan fingerprint density at radius 2 is 2.12 bits per heavy atom. The molecule has 1 aliphatic rings. The van der Waals surface area contributed by atoms with E-state index in [1.807, 2.05) is 0 Å². The summed E-state index contributed by atoms with van der Waals surface area (Å²) in [4.78, 5) is 13.0. The second-order valence-corrected chi connectivity index (χ2v) is 5.68. The van der Waals surface area contributed by atoms with Crippen molar-refractivity contribution >= 4 is 17.6 Å². The number of phenolic OH excluding ortho intramolecular Hbond substituents is 1. The molecule has 9 heteroatoms. The number of rotatable bonds is 4. The zero-order valence-electron chi connectivity index (χ0n) is 13.5. The van der Waals surface area contributed by atoms with Crippen LogP contribution in [0.25, 0.3) is 11.1 Å². The first-order valence-corrected chi connectivity index (χ1v) is 7.64. The van der Waals surface area contributed by atoms with E-state index in [0.29, 0.717) is 11.3 Å². The normalized spacial score (nSPS) is 17.5. The van der Waals surface area contributed by atoms with Gasteiger partial charge in [0.25, 0.3) is 0 Å². The van der Waals surface area contributed by atoms with Crippen LogP contribution in [0.3, 0.4) is 0 Å². The van der Waals surface area contributed by atoms with Gasteiger partial charge in [0, 0.05) is 5.56 Å². The number of amides is 1. The number of hydrogen-bond acceptors (Lipinski definition) is 6. The Bertz CT molecular complexity index is 887. The molecular weight excluding hydrogens is 345 g/mol. The molecule has 1 amide bonds. The van der Waals surface area contributed by atoms with Gasteiger partial charge in [0.2, 0.25) is 0 Å². The Labute approximate surface area is 147 Å². The van der Waals surface area contributed by atoms with Crippen molar-refractivity contribution in [2.45, 2.75) is 6.10 Å². The number of aliphatic hydroxyl groups excluding tert-OH is 1. The highest BCUT2D eigenvalue weighted by atomic mass is 19.1. The molecule has 0 aromatic heterocycles. The molecule has 2 aromatic rings. The maximum Gasteiger partial charge on any atom is 0.414 e. The Morgan fingerprint density at radius 3 is 2.69 bits per heavy atom. The highest BCUT2D eigenvalue weighted by Gasteiger charge is 2.32. The van der Waals surface area contributed by atoms with E-state index < -0.39 is 18.0 Å². The number of nitrogens with two attached hydrogens (primary N) is 1. The maximum absolute atomic E-state index is 14.6. The minimum Gasteiger partial charge on any atom is -0.507 e. The minimum absolute atomic E-state index is 0.114. The summed E-state index contributed by atoms with van der Waals surface area (Å²) < 4.78 is 19.5. The SMILES string of the molecule is NC(=NO)c1ccc(-c2ccc(N3C[C@H](CO)OC3=O)cc2F)cc1O. The second-order valence-electron chi connectivity index (χ2n) is 5.68. The third-order valence-electron chi connectivity index (χ3n) is 4.03. The van der Waals surface area contributed by atoms with Gasteiger partial charge >= 0.3 is 6.09 Å². The van der Waals surface area contributed by atoms with Crippen LogP contribution in [-0.4, -0.2) is 46.6 Å². The number of ether oxygens (including phenoxy) is 1. The standard InChI is InChI=1S/C17H16FN3O5/c18-14-6-10(21-7-11(8-22)26-17(21)24)2-4-12(14)9-1-3-13(15(23)5-9)16(19)20-25/h1-6,11,22-23,25H,7-8H2,(H2,19,20)/t11-/m1/s1. The predicted molar refractivity (Wildman–Crippen MR) is 90.7 cm³/mol. The molecule has 3 rings (SSSR count). The van der Waals surface area contributed by atoms with E-state index >= 15 is 0 Å². The van der Waals surface area contributed by atoms with Gasteiger partial charge in [0.1, 0.15) is 17.7 Å². The summed E-state index contributed by atoms with van der Waals surface area (Å²) in [7, 11) is 0. The van der Waals surface area contributed by atoms with Crippen molar-refractivity contribution in [1.82, 2.24) is 0 Å². The van der Waals surface area contributed by atoms with Crippen LogP contribution in [0.4, 0.5) is 14.9 Å². The van der Waals surface area contributed by atoms with Crippen molar-refractivity contribution in [3.05, 3.63) is 47.8 Å². The van der Waals surface area contributed by atoms with Gasteiger partial charge in [-0.25, -0.2) is 9.18 Å². The van der Waals surface area contributed by atoms with Gasteiger partial charge in [-0.05, 0) is 35.9 Å². The lowest BCUT2D eigenvalue weighted by atomic mass is 10.0. The van der Waals surface area contributed by atoms with Gasteiger partial charge in [-0.15, -0.1) is 0 Å². The summed E-state index contributed by atoms with van der Waals surface area (Å²) >= 11 is 0. The Balaban J connectivity index is 1.91. The van der Waals surface area contributed by atoms with Crippen LogP contribution in [0.15, 0.2) is 41.6 Å². The van der Waals surface area contributed by atoms with Crippen LogP contribution in [0, 0.1) is 5.82 Å². The number of aromatic hydroxyl groups is 1. The summed E-state index contributed by atoms with van der Waals surface area (Å²) in [5.74, 6) is -1.15. The average Bonchev–Trinajstić information content (AvgIpc) is 3.02. The molecule has 0 aliphatic carbocycles. The lowest BCUT2D eigenvalue weighted by Crippen LogP contribution is -2.25. The Hall–Kier alpha value is -3.33. The van der Waals surface area contributed by atoms with Crippen LogP contribution in [0.2, 0.25) is 0 Å². The number of halogens is 1. The number of carbonyl (C=O) groups is 1. The molecule has 8 nitrogen and oxygen atoms in total. The van der Waals surface area contributed by atoms with Gasteiger partial charge in [0.05, 0.1) is 24.4 Å². The number of hydrogen-bond donors (Lipinski definition) is 4. The van der Waals surface area contributed by atoms with E-state index in [1.54, 1.807) is 0 Å². The van der Waals surface area contributed by atoms with E-state index in [1.165, 1.54) is 41.3 Å². The molecule has 1 aliphatic heterocycles. The van der Waals surface area contributed by atoms with Crippen molar-refractivity contribution in [2.24, 2.45) is 10.9 Å². The molecule has 136 valence electrons. The zero-order valence-corrected chi connectivity index (χ0v) is 13.5. The van der Waals surface area contributed by atoms with Gasteiger partial charge in [-0.1, -0.05) is 11.2 Å². The molecule has 26 heavy (non-hydrogen) atoms. The third kappa shape index (κ3) is 3.11. The molecule has 1 saturated heterocycles. The first kappa shape index (κ1) is 17.5. The highest BCUT2D eigenvalue weighted by Crippen LogP contribution is 2.31. The summed E-state index contributed by atoms with van der Waals surface area (Å²) in [5, 5.41) is 30.5. The minimum atomic E-state index is -0.656. The van der Waals surface area contributed by atoms with Crippen LogP contribution in [0.5, 0.6) is 5.75 Å². The molecule has 5 N–H and O–H groups in total. The first-order chi connectivity index (χ1) is 12.4. The van der Waals surface area contributed by atoms with Crippen molar-refractivity contribution < 1.29 is 29.3 Å². The second kappa shape index (κ2) is 6.89. The molecule has 1 atom stereocenters. The van der Waals surface area contributed by atoms with Crippen molar-refractivity contribution in [2.75, 3.05) is 18.1 Å². The molecule has 0 bridgehead atoms. The summed E-state index contributed by atoms with van der Waals surface area (Å²) in [6.45, 7) is -0.182. The van der Waals surface area contributed by atoms with Gasteiger partial charge < -0.3 is 25.9 Å². The number of carbonyl (C=O) groups excluding carboxylic acids is 1. The number of aliphatic hydroxyl groups is 1. The van der Waals surface area contributed by atoms with Crippen molar-refractivity contribution in [3.8, 4) is 16.9 Å². The molecule has 1 fully saturated rings. The number of anilines is 1. The first-order valence-electron chi connectivity index (χ1n) is 7.64. The van der Waals surface area contributed by atoms with E-state index in [9.17, 15) is 14.3 Å². The lowest BCUT2D eigenvalue weighted by molar-refractivity contribution is 0.0963. The fourth-order valence-electron chi connectivity index (χ4n) is 2.70. The number of nitrogens with zero attached hydrogens (tertiary/aromatic N) is 2. The van der Waals surface area contributed by atoms with E-state index in [2.05, 4.69) is 5.16 Å². The number of phenols is 1. The maximum atomic E-state index is 14.6. The fourth-order valence-corrected chi connectivity index (χ4v) is 2.70. The Kier molecular flexibility index (Phi) is 4.63. The van der Waals surface area contributed by atoms with Crippen LogP contribution < -0.4 is 10.6 Å². The predicted octanol–water partition coefficient (Wildman–Crippen LogP) is 1.61. The van der Waals surface area contributed by atoms with E-state index in [0.717, 1.165) is 0 Å². The highest BCUT2D eigenvalue weighted by molar-refractivity contribution is 6.00. The number of benzene rings is 2. The van der Waals surface area contributed by atoms with Crippen molar-refractivity contribution in [1.29, 1.82) is 0 Å². The number of cyclic esters (lactones) is 1. The number of oxime groups is 1. The fraction of sp³-hybridized carbons (Fsp3) is 0.176. The number of amidine groups is 1. The van der Waals surface area contributed by atoms with E-state index in [-0.39, 0.29) is 35.9 Å². The largest absolute Gasteiger partial charge is 0.507 e. The zero-order chi connectivity index (χ0) is 18.8. The topological polar surface area (TPSA) is 129 Å². The third-order valence-corrected chi connectivity index (χ3v) is 4.03. The molecule has 0 radical (unpaired) electrons. The quantitative estimate of drug-likeness (QED) is 0.283. The smallest absolute Gasteiger partial charge is 0.414 e. The Morgan fingerprint density at radius 1 is 1.35 bits per heavy atom. The van der Waals surface area contributed by atoms with Gasteiger partial charge in [-0.2, -0.15) is 0 Å². The molecule has 0 saturated carbocycles. The molecule has 1 heterocycles. The van der Waals surface area contributed by atoms with Gasteiger partial charge in [-0.3, -0.25) is 4.90 Å². The summed E-state index contributed by atoms with van der Waals surface area (Å²) in [6.07, 6.45) is -1.30. The van der Waals surface area contributed by atoms with E-state index in [4.69, 9.17) is 20.8 Å². The monoisotopic (exact) mass is 361 g/mol.